The number of hydrogen-bond donors (Lipinski definition) is 1. The highest BCUT2D eigenvalue weighted by atomic mass is 35.5. The lowest BCUT2D eigenvalue weighted by atomic mass is 10.0. The number of rotatable bonds is 2. The van der Waals surface area contributed by atoms with E-state index in [0.717, 1.165) is 24.3 Å². The lowest BCUT2D eigenvalue weighted by Crippen LogP contribution is -2.42. The van der Waals surface area contributed by atoms with Crippen molar-refractivity contribution >= 4 is 11.6 Å². The van der Waals surface area contributed by atoms with Gasteiger partial charge in [0.15, 0.2) is 6.10 Å². The minimum Gasteiger partial charge on any atom is -0.382 e. The molecule has 1 atom stereocenters. The smallest absolute Gasteiger partial charge is 0.382 e. The van der Waals surface area contributed by atoms with Crippen LogP contribution in [0.2, 0.25) is 5.02 Å². The molecule has 0 aliphatic rings. The van der Waals surface area contributed by atoms with E-state index in [2.05, 4.69) is 0 Å². The third kappa shape index (κ3) is 2.44. The van der Waals surface area contributed by atoms with E-state index >= 15 is 0 Å². The minimum atomic E-state index is -5.80. The molecule has 0 saturated heterocycles. The molecule has 0 aromatic heterocycles. The zero-order chi connectivity index (χ0) is 12.6. The zero-order valence-corrected chi connectivity index (χ0v) is 8.36. The normalized spacial score (nSPS) is 14.9. The molecule has 0 amide bonds. The first kappa shape index (κ1) is 13.2. The maximum atomic E-state index is 12.7. The highest BCUT2D eigenvalue weighted by Crippen LogP contribution is 2.44. The second kappa shape index (κ2) is 4.18. The predicted octanol–water partition coefficient (Wildman–Crippen LogP) is 3.57. The number of aliphatic hydroxyl groups is 1. The first-order valence-corrected chi connectivity index (χ1v) is 4.42. The second-order valence-electron chi connectivity index (χ2n) is 3.07. The van der Waals surface area contributed by atoms with Gasteiger partial charge in [-0.15, -0.1) is 0 Å². The van der Waals surface area contributed by atoms with Crippen molar-refractivity contribution in [3.05, 3.63) is 34.9 Å². The monoisotopic (exact) mass is 260 g/mol. The third-order valence-corrected chi connectivity index (χ3v) is 2.16. The van der Waals surface area contributed by atoms with Crippen molar-refractivity contribution in [2.75, 3.05) is 0 Å². The van der Waals surface area contributed by atoms with E-state index in [1.807, 2.05) is 0 Å². The van der Waals surface area contributed by atoms with Gasteiger partial charge in [0, 0.05) is 5.02 Å². The molecule has 7 heteroatoms. The molecule has 1 rings (SSSR count). The fourth-order valence-corrected chi connectivity index (χ4v) is 1.14. The van der Waals surface area contributed by atoms with Crippen LogP contribution in [0.4, 0.5) is 22.0 Å². The Labute approximate surface area is 92.5 Å². The second-order valence-corrected chi connectivity index (χ2v) is 3.51. The SMILES string of the molecule is OC(c1ccc(Cl)cc1)C(F)(F)C(F)(F)F. The Morgan fingerprint density at radius 1 is 1.00 bits per heavy atom. The summed E-state index contributed by atoms with van der Waals surface area (Å²) in [5, 5.41) is 9.13. The van der Waals surface area contributed by atoms with Gasteiger partial charge in [-0.1, -0.05) is 23.7 Å². The standard InChI is InChI=1S/C9H6ClF5O/c10-6-3-1-5(2-4-6)7(16)8(11,12)9(13,14)15/h1-4,7,16H. The van der Waals surface area contributed by atoms with Crippen LogP contribution in [0.15, 0.2) is 24.3 Å². The van der Waals surface area contributed by atoms with Gasteiger partial charge >= 0.3 is 12.1 Å². The molecule has 0 aliphatic carbocycles. The minimum absolute atomic E-state index is 0.172. The molecule has 16 heavy (non-hydrogen) atoms. The van der Waals surface area contributed by atoms with Crippen LogP contribution in [-0.4, -0.2) is 17.2 Å². The summed E-state index contributed by atoms with van der Waals surface area (Å²) in [6.07, 6.45) is -8.74. The van der Waals surface area contributed by atoms with Crippen molar-refractivity contribution in [1.82, 2.24) is 0 Å². The molecule has 1 unspecified atom stereocenters. The third-order valence-electron chi connectivity index (χ3n) is 1.91. The lowest BCUT2D eigenvalue weighted by Gasteiger charge is -2.24. The van der Waals surface area contributed by atoms with Gasteiger partial charge in [0.1, 0.15) is 0 Å². The molecule has 0 bridgehead atoms. The van der Waals surface area contributed by atoms with E-state index < -0.39 is 23.8 Å². The van der Waals surface area contributed by atoms with Crippen molar-refractivity contribution < 1.29 is 27.1 Å². The van der Waals surface area contributed by atoms with Crippen molar-refractivity contribution in [1.29, 1.82) is 0 Å². The Kier molecular flexibility index (Phi) is 3.44. The molecule has 1 N–H and O–H groups in total. The van der Waals surface area contributed by atoms with Crippen LogP contribution in [0.5, 0.6) is 0 Å². The molecule has 0 saturated carbocycles. The Hall–Kier alpha value is -0.880. The van der Waals surface area contributed by atoms with Gasteiger partial charge in [-0.05, 0) is 17.7 Å². The molecule has 1 nitrogen and oxygen atoms in total. The quantitative estimate of drug-likeness (QED) is 0.806. The first-order valence-electron chi connectivity index (χ1n) is 4.04. The van der Waals surface area contributed by atoms with Crippen molar-refractivity contribution in [3.63, 3.8) is 0 Å². The van der Waals surface area contributed by atoms with Gasteiger partial charge in [-0.3, -0.25) is 0 Å². The van der Waals surface area contributed by atoms with Crippen molar-refractivity contribution in [3.8, 4) is 0 Å². The number of aliphatic hydroxyl groups excluding tert-OH is 1. The summed E-state index contributed by atoms with van der Waals surface area (Å²) in [6, 6.07) is 4.05. The van der Waals surface area contributed by atoms with Crippen LogP contribution in [0.1, 0.15) is 11.7 Å². The fourth-order valence-electron chi connectivity index (χ4n) is 1.01. The lowest BCUT2D eigenvalue weighted by molar-refractivity contribution is -0.315. The highest BCUT2D eigenvalue weighted by molar-refractivity contribution is 6.30. The molecular weight excluding hydrogens is 255 g/mol. The molecule has 1 aromatic carbocycles. The molecule has 0 radical (unpaired) electrons. The number of alkyl halides is 5. The van der Waals surface area contributed by atoms with E-state index in [0.29, 0.717) is 0 Å². The van der Waals surface area contributed by atoms with Crippen LogP contribution < -0.4 is 0 Å². The Bertz CT molecular complexity index is 359. The first-order chi connectivity index (χ1) is 7.16. The van der Waals surface area contributed by atoms with E-state index in [-0.39, 0.29) is 5.02 Å². The summed E-state index contributed by atoms with van der Waals surface area (Å²) in [6.45, 7) is 0. The van der Waals surface area contributed by atoms with Gasteiger partial charge < -0.3 is 5.11 Å². The summed E-state index contributed by atoms with van der Waals surface area (Å²) >= 11 is 5.43. The van der Waals surface area contributed by atoms with Crippen LogP contribution in [-0.2, 0) is 0 Å². The van der Waals surface area contributed by atoms with Crippen LogP contribution in [0.3, 0.4) is 0 Å². The summed E-state index contributed by atoms with van der Waals surface area (Å²) in [7, 11) is 0. The maximum absolute atomic E-state index is 12.7. The molecule has 1 aromatic rings. The number of hydrogen-bond acceptors (Lipinski definition) is 1. The average molecular weight is 261 g/mol. The molecule has 0 heterocycles. The summed E-state index contributed by atoms with van der Waals surface area (Å²) in [4.78, 5) is 0. The highest BCUT2D eigenvalue weighted by Gasteiger charge is 2.62. The van der Waals surface area contributed by atoms with Crippen LogP contribution >= 0.6 is 11.6 Å². The average Bonchev–Trinajstić information content (AvgIpc) is 2.16. The van der Waals surface area contributed by atoms with Gasteiger partial charge in [0.25, 0.3) is 0 Å². The number of benzene rings is 1. The molecule has 0 spiro atoms. The predicted molar refractivity (Wildman–Crippen MR) is 47.4 cm³/mol. The number of halogens is 6. The fraction of sp³-hybridized carbons (Fsp3) is 0.333. The summed E-state index contributed by atoms with van der Waals surface area (Å²) in [5.41, 5.74) is -0.549. The van der Waals surface area contributed by atoms with Crippen molar-refractivity contribution in [2.24, 2.45) is 0 Å². The largest absolute Gasteiger partial charge is 0.456 e. The molecule has 0 fully saturated rings. The topological polar surface area (TPSA) is 20.2 Å². The van der Waals surface area contributed by atoms with Gasteiger partial charge in [-0.25, -0.2) is 0 Å². The zero-order valence-electron chi connectivity index (χ0n) is 7.60. The Balaban J connectivity index is 3.02. The van der Waals surface area contributed by atoms with Crippen LogP contribution in [0, 0.1) is 0 Å². The van der Waals surface area contributed by atoms with E-state index in [9.17, 15) is 22.0 Å². The molecular formula is C9H6ClF5O. The maximum Gasteiger partial charge on any atom is 0.456 e. The van der Waals surface area contributed by atoms with E-state index in [4.69, 9.17) is 16.7 Å². The molecule has 0 aliphatic heterocycles. The van der Waals surface area contributed by atoms with Gasteiger partial charge in [0.2, 0.25) is 0 Å². The van der Waals surface area contributed by atoms with Gasteiger partial charge in [0.05, 0.1) is 0 Å². The van der Waals surface area contributed by atoms with Crippen molar-refractivity contribution in [2.45, 2.75) is 18.2 Å². The van der Waals surface area contributed by atoms with Gasteiger partial charge in [-0.2, -0.15) is 22.0 Å². The Morgan fingerprint density at radius 3 is 1.81 bits per heavy atom. The summed E-state index contributed by atoms with van der Waals surface area (Å²) < 4.78 is 61.1. The molecule has 90 valence electrons. The van der Waals surface area contributed by atoms with Crippen LogP contribution in [0.25, 0.3) is 0 Å². The van der Waals surface area contributed by atoms with E-state index in [1.165, 1.54) is 0 Å². The van der Waals surface area contributed by atoms with E-state index in [1.54, 1.807) is 0 Å². The Morgan fingerprint density at radius 2 is 1.44 bits per heavy atom. The summed E-state index contributed by atoms with van der Waals surface area (Å²) in [5.74, 6) is -5.19.